The van der Waals surface area contributed by atoms with Gasteiger partial charge in [0.05, 0.1) is 0 Å². The lowest BCUT2D eigenvalue weighted by molar-refractivity contribution is -0.0498. The second-order valence-electron chi connectivity index (χ2n) is 14.9. The third-order valence-corrected chi connectivity index (χ3v) is 29.0. The summed E-state index contributed by atoms with van der Waals surface area (Å²) in [4.78, 5) is 32.7. The average molecular weight is 1130 g/mol. The Bertz CT molecular complexity index is 2970. The van der Waals surface area contributed by atoms with E-state index in [0.717, 1.165) is 71.7 Å². The van der Waals surface area contributed by atoms with E-state index in [1.807, 2.05) is 0 Å². The molecule has 71 heavy (non-hydrogen) atoms. The molecule has 0 unspecified atom stereocenters. The third-order valence-electron chi connectivity index (χ3n) is 10.3. The minimum atomic E-state index is -8.87. The number of Topliss-reactive ketones (excluding diaryl/α,β-unsaturated/α-hetero) is 3. The molecule has 0 bridgehead atoms. The van der Waals surface area contributed by atoms with Gasteiger partial charge in [0.15, 0.2) is 17.3 Å². The lowest BCUT2D eigenvalue weighted by atomic mass is 10.2. The number of rotatable bonds is 16. The van der Waals surface area contributed by atoms with Gasteiger partial charge in [0.1, 0.15) is 0 Å². The highest BCUT2D eigenvalue weighted by Crippen LogP contribution is 2.83. The topological polar surface area (TPSA) is 154 Å². The van der Waals surface area contributed by atoms with E-state index >= 15 is 39.5 Å². The van der Waals surface area contributed by atoms with Gasteiger partial charge in [-0.1, -0.05) is 71.7 Å². The van der Waals surface area contributed by atoms with Crippen LogP contribution in [0, 0.1) is 0 Å². The Morgan fingerprint density at radius 1 is 0.324 bits per heavy atom. The minimum Gasteiger partial charge on any atom is -0.295 e. The highest BCUT2D eigenvalue weighted by molar-refractivity contribution is 8.55. The number of ketones is 3. The fourth-order valence-electron chi connectivity index (χ4n) is 7.01. The summed E-state index contributed by atoms with van der Waals surface area (Å²) in [6.45, 7) is 3.82. The highest BCUT2D eigenvalue weighted by Gasteiger charge is 2.89. The largest absolute Gasteiger partial charge is 0.500 e. The van der Waals surface area contributed by atoms with Crippen molar-refractivity contribution in [1.29, 1.82) is 0 Å². The van der Waals surface area contributed by atoms with Crippen LogP contribution < -0.4 is 0 Å². The van der Waals surface area contributed by atoms with E-state index in [4.69, 9.17) is 0 Å². The van der Waals surface area contributed by atoms with Gasteiger partial charge in [0.25, 0.3) is 29.5 Å². The van der Waals surface area contributed by atoms with Gasteiger partial charge in [-0.05, 0) is 130 Å². The molecule has 0 amide bonds. The van der Waals surface area contributed by atoms with Crippen molar-refractivity contribution in [2.75, 3.05) is 0 Å². The maximum absolute atomic E-state index is 15.5. The Hall–Kier alpha value is -5.05. The van der Waals surface area contributed by atoms with Crippen LogP contribution in [0.4, 0.5) is 39.5 Å². The Balaban J connectivity index is 1.79. The second kappa shape index (κ2) is 20.1. The van der Waals surface area contributed by atoms with Crippen molar-refractivity contribution >= 4 is 92.2 Å². The molecule has 0 N–H and O–H groups in total. The Labute approximate surface area is 415 Å². The Morgan fingerprint density at radius 2 is 0.493 bits per heavy atom. The molecule has 6 aromatic carbocycles. The van der Waals surface area contributed by atoms with Crippen molar-refractivity contribution in [2.24, 2.45) is 0 Å². The number of hydrogen-bond acceptors (Lipinski definition) is 12. The van der Waals surface area contributed by atoms with Crippen molar-refractivity contribution in [1.82, 2.24) is 0 Å². The van der Waals surface area contributed by atoms with Crippen molar-refractivity contribution in [3.8, 4) is 0 Å². The standard InChI is InChI=1S/C46H33F9O9S7/c1-28(56)31-4-10-34(11-5-31)65-37-16-22-40(23-17-37)68(41-24-18-38(19-25-41)66-35-12-6-32(7-13-35)29(2)57,42-26-20-39(21-27-42)67-36-14-8-33(9-15-36)30(3)58)46(69(59,60)43(47,48)49,70(61,62)44(50,51)52)71(63,64)45(53,54)55/h4-27H,1-3H3. The van der Waals surface area contributed by atoms with Gasteiger partial charge in [-0.3, -0.25) is 14.4 Å². The van der Waals surface area contributed by atoms with Crippen LogP contribution in [-0.2, 0) is 29.5 Å². The summed E-state index contributed by atoms with van der Waals surface area (Å²) in [6.07, 6.45) is 0. The average Bonchev–Trinajstić information content (AvgIpc) is 3.28. The zero-order valence-corrected chi connectivity index (χ0v) is 42.0. The predicted octanol–water partition coefficient (Wildman–Crippen LogP) is 13.4. The summed E-state index contributed by atoms with van der Waals surface area (Å²) >= 11 is 2.48. The van der Waals surface area contributed by atoms with Gasteiger partial charge in [-0.15, -0.1) is 10.0 Å². The summed E-state index contributed by atoms with van der Waals surface area (Å²) < 4.78 is 219. The van der Waals surface area contributed by atoms with E-state index < -0.39 is 73.5 Å². The monoisotopic (exact) mass is 1120 g/mol. The molecule has 376 valence electrons. The lowest BCUT2D eigenvalue weighted by Gasteiger charge is -2.52. The molecule has 0 saturated heterocycles. The highest BCUT2D eigenvalue weighted by atomic mass is 32.4. The molecule has 0 aliphatic carbocycles. The molecule has 6 aromatic rings. The van der Waals surface area contributed by atoms with Gasteiger partial charge < -0.3 is 0 Å². The molecule has 6 rings (SSSR count). The summed E-state index contributed by atoms with van der Waals surface area (Å²) in [5.41, 5.74) is -21.6. The zero-order valence-electron chi connectivity index (χ0n) is 36.3. The number of alkyl halides is 9. The summed E-state index contributed by atoms with van der Waals surface area (Å²) in [7, 11) is -32.9. The Morgan fingerprint density at radius 3 is 0.648 bits per heavy atom. The molecule has 0 atom stereocenters. The number of sulfone groups is 3. The molecule has 0 aliphatic heterocycles. The van der Waals surface area contributed by atoms with Crippen LogP contribution in [0.2, 0.25) is 0 Å². The maximum atomic E-state index is 15.5. The van der Waals surface area contributed by atoms with Crippen LogP contribution in [0.15, 0.2) is 190 Å². The van der Waals surface area contributed by atoms with E-state index in [1.54, 1.807) is 0 Å². The first-order chi connectivity index (χ1) is 32.8. The van der Waals surface area contributed by atoms with Crippen molar-refractivity contribution in [3.05, 3.63) is 162 Å². The van der Waals surface area contributed by atoms with Crippen molar-refractivity contribution < 1.29 is 79.2 Å². The molecule has 9 nitrogen and oxygen atoms in total. The third kappa shape index (κ3) is 10.1. The summed E-state index contributed by atoms with van der Waals surface area (Å²) in [5.74, 6) is -0.972. The van der Waals surface area contributed by atoms with Gasteiger partial charge in [-0.2, -0.15) is 39.5 Å². The molecule has 0 aromatic heterocycles. The van der Waals surface area contributed by atoms with Crippen LogP contribution in [0.3, 0.4) is 0 Å². The van der Waals surface area contributed by atoms with E-state index in [2.05, 4.69) is 0 Å². The number of hydrogen-bond donors (Lipinski definition) is 0. The first-order valence-electron chi connectivity index (χ1n) is 19.8. The van der Waals surface area contributed by atoms with Crippen LogP contribution in [0.25, 0.3) is 0 Å². The first-order valence-corrected chi connectivity index (χ1v) is 28.3. The lowest BCUT2D eigenvalue weighted by Crippen LogP contribution is -2.65. The fourth-order valence-corrected chi connectivity index (χ4v) is 26.2. The minimum absolute atomic E-state index is 0.0179. The summed E-state index contributed by atoms with van der Waals surface area (Å²) in [5, 5.41) is 0. The molecule has 0 heterocycles. The number of carbonyl (C=O) groups is 3. The molecular weight excluding hydrogens is 1090 g/mol. The molecular formula is C46H33F9O9S7. The smallest absolute Gasteiger partial charge is 0.295 e. The summed E-state index contributed by atoms with van der Waals surface area (Å²) in [6, 6.07) is 25.8. The quantitative estimate of drug-likeness (QED) is 0.0669. The Kier molecular flexibility index (Phi) is 15.6. The molecule has 0 saturated carbocycles. The molecule has 25 heteroatoms. The van der Waals surface area contributed by atoms with Crippen molar-refractivity contribution in [3.63, 3.8) is 0 Å². The van der Waals surface area contributed by atoms with Crippen LogP contribution in [0.1, 0.15) is 51.8 Å². The van der Waals surface area contributed by atoms with Gasteiger partial charge in [0.2, 0.25) is 0 Å². The van der Waals surface area contributed by atoms with Gasteiger partial charge in [-0.25, -0.2) is 25.3 Å². The van der Waals surface area contributed by atoms with Gasteiger partial charge in [0, 0.05) is 60.7 Å². The maximum Gasteiger partial charge on any atom is 0.500 e. The van der Waals surface area contributed by atoms with Gasteiger partial charge >= 0.3 is 19.3 Å². The van der Waals surface area contributed by atoms with E-state index in [1.165, 1.54) is 93.6 Å². The molecule has 0 radical (unpaired) electrons. The molecule has 0 fully saturated rings. The second-order valence-corrected chi connectivity index (χ2v) is 29.4. The number of halogens is 9. The van der Waals surface area contributed by atoms with Crippen LogP contribution in [0.5, 0.6) is 0 Å². The first kappa shape index (κ1) is 55.3. The number of benzene rings is 6. The van der Waals surface area contributed by atoms with Crippen LogP contribution >= 0.6 is 45.3 Å². The van der Waals surface area contributed by atoms with Crippen LogP contribution in [-0.4, -0.2) is 61.9 Å². The normalized spacial score (nSPS) is 13.4. The van der Waals surface area contributed by atoms with E-state index in [0.29, 0.717) is 51.1 Å². The fraction of sp³-hybridized carbons (Fsp3) is 0.152. The SMILES string of the molecule is CC(=O)c1ccc(Sc2ccc(S(c3ccc(Sc4ccc(C(C)=O)cc4)cc3)(c3ccc(Sc4ccc(C(C)=O)cc4)cc3)C(S(=O)(=O)C(F)(F)F)(S(=O)(=O)C(F)(F)F)S(=O)(=O)C(F)(F)F)cc2)cc1. The van der Waals surface area contributed by atoms with Crippen molar-refractivity contribution in [2.45, 2.75) is 84.1 Å². The predicted molar refractivity (Wildman–Crippen MR) is 251 cm³/mol. The van der Waals surface area contributed by atoms with E-state index in [-0.39, 0.29) is 48.7 Å². The zero-order chi connectivity index (χ0) is 52.8. The molecule has 0 aliphatic rings. The number of carbonyl (C=O) groups excluding carboxylic acids is 3. The van der Waals surface area contributed by atoms with E-state index in [9.17, 15) is 39.6 Å². The molecule has 0 spiro atoms.